The number of rotatable bonds is 3. The largest absolute Gasteiger partial charge is 0.495 e. The molecular formula is C18H17NO3. The van der Waals surface area contributed by atoms with Crippen LogP contribution in [0.3, 0.4) is 0 Å². The van der Waals surface area contributed by atoms with Gasteiger partial charge >= 0.3 is 0 Å². The molecule has 1 N–H and O–H groups in total. The minimum Gasteiger partial charge on any atom is -0.495 e. The lowest BCUT2D eigenvalue weighted by molar-refractivity contribution is 0.0997. The van der Waals surface area contributed by atoms with E-state index in [2.05, 4.69) is 5.32 Å². The van der Waals surface area contributed by atoms with Crippen LogP contribution in [0.15, 0.2) is 46.9 Å². The SMILES string of the molecule is COc1cccc(C)c1NC(=O)c1oc2ccccc2c1C. The number of benzene rings is 2. The Morgan fingerprint density at radius 2 is 1.86 bits per heavy atom. The fourth-order valence-electron chi connectivity index (χ4n) is 2.53. The van der Waals surface area contributed by atoms with Gasteiger partial charge < -0.3 is 14.5 Å². The monoisotopic (exact) mass is 295 g/mol. The number of carbonyl (C=O) groups excluding carboxylic acids is 1. The molecule has 0 atom stereocenters. The summed E-state index contributed by atoms with van der Waals surface area (Å²) < 4.78 is 11.0. The topological polar surface area (TPSA) is 51.5 Å². The molecule has 0 saturated heterocycles. The molecule has 22 heavy (non-hydrogen) atoms. The molecule has 0 saturated carbocycles. The highest BCUT2D eigenvalue weighted by Crippen LogP contribution is 2.30. The summed E-state index contributed by atoms with van der Waals surface area (Å²) in [6.07, 6.45) is 0. The minimum atomic E-state index is -0.277. The van der Waals surface area contributed by atoms with E-state index in [1.807, 2.05) is 56.3 Å². The van der Waals surface area contributed by atoms with Gasteiger partial charge in [-0.2, -0.15) is 0 Å². The fraction of sp³-hybridized carbons (Fsp3) is 0.167. The third kappa shape index (κ3) is 2.33. The molecule has 0 bridgehead atoms. The molecule has 0 radical (unpaired) electrons. The van der Waals surface area contributed by atoms with Crippen LogP contribution >= 0.6 is 0 Å². The number of ether oxygens (including phenoxy) is 1. The number of amides is 1. The van der Waals surface area contributed by atoms with Crippen LogP contribution in [0.2, 0.25) is 0 Å². The Morgan fingerprint density at radius 3 is 2.59 bits per heavy atom. The van der Waals surface area contributed by atoms with Crippen molar-refractivity contribution in [2.24, 2.45) is 0 Å². The van der Waals surface area contributed by atoms with Crippen molar-refractivity contribution in [3.05, 3.63) is 59.4 Å². The maximum atomic E-state index is 12.6. The number of nitrogens with one attached hydrogen (secondary N) is 1. The van der Waals surface area contributed by atoms with Crippen LogP contribution in [0.4, 0.5) is 5.69 Å². The Kier molecular flexibility index (Phi) is 3.59. The normalized spacial score (nSPS) is 10.7. The molecule has 1 amide bonds. The number of para-hydroxylation sites is 2. The summed E-state index contributed by atoms with van der Waals surface area (Å²) in [7, 11) is 1.58. The summed E-state index contributed by atoms with van der Waals surface area (Å²) in [4.78, 5) is 12.6. The lowest BCUT2D eigenvalue weighted by Gasteiger charge is -2.12. The van der Waals surface area contributed by atoms with Crippen molar-refractivity contribution in [1.29, 1.82) is 0 Å². The number of hydrogen-bond donors (Lipinski definition) is 1. The fourth-order valence-corrected chi connectivity index (χ4v) is 2.53. The summed E-state index contributed by atoms with van der Waals surface area (Å²) in [5.74, 6) is 0.676. The third-order valence-corrected chi connectivity index (χ3v) is 3.74. The molecule has 4 heteroatoms. The van der Waals surface area contributed by atoms with Crippen molar-refractivity contribution < 1.29 is 13.9 Å². The van der Waals surface area contributed by atoms with Crippen molar-refractivity contribution in [1.82, 2.24) is 0 Å². The van der Waals surface area contributed by atoms with Gasteiger partial charge in [0.05, 0.1) is 12.8 Å². The summed E-state index contributed by atoms with van der Waals surface area (Å²) in [5.41, 5.74) is 3.14. The summed E-state index contributed by atoms with van der Waals surface area (Å²) in [6, 6.07) is 13.2. The van der Waals surface area contributed by atoms with Crippen LogP contribution in [0, 0.1) is 13.8 Å². The highest BCUT2D eigenvalue weighted by Gasteiger charge is 2.19. The van der Waals surface area contributed by atoms with Crippen LogP contribution in [-0.4, -0.2) is 13.0 Å². The number of anilines is 1. The van der Waals surface area contributed by atoms with E-state index in [1.54, 1.807) is 7.11 Å². The van der Waals surface area contributed by atoms with E-state index in [4.69, 9.17) is 9.15 Å². The van der Waals surface area contributed by atoms with Crippen LogP contribution < -0.4 is 10.1 Å². The Hall–Kier alpha value is -2.75. The number of aryl methyl sites for hydroxylation is 2. The van der Waals surface area contributed by atoms with Gasteiger partial charge in [0.15, 0.2) is 5.76 Å². The average molecular weight is 295 g/mol. The van der Waals surface area contributed by atoms with Gasteiger partial charge in [0.2, 0.25) is 0 Å². The Balaban J connectivity index is 1.99. The Bertz CT molecular complexity index is 849. The van der Waals surface area contributed by atoms with Crippen molar-refractivity contribution in [2.75, 3.05) is 12.4 Å². The summed E-state index contributed by atoms with van der Waals surface area (Å²) >= 11 is 0. The predicted octanol–water partition coefficient (Wildman–Crippen LogP) is 4.31. The van der Waals surface area contributed by atoms with Gasteiger partial charge in [0, 0.05) is 10.9 Å². The predicted molar refractivity (Wildman–Crippen MR) is 86.6 cm³/mol. The van der Waals surface area contributed by atoms with E-state index >= 15 is 0 Å². The van der Waals surface area contributed by atoms with E-state index in [0.29, 0.717) is 22.8 Å². The second kappa shape index (κ2) is 5.56. The summed E-state index contributed by atoms with van der Waals surface area (Å²) in [6.45, 7) is 3.81. The first kappa shape index (κ1) is 14.2. The molecule has 4 nitrogen and oxygen atoms in total. The quantitative estimate of drug-likeness (QED) is 0.783. The van der Waals surface area contributed by atoms with Gasteiger partial charge in [-0.1, -0.05) is 30.3 Å². The Morgan fingerprint density at radius 1 is 1.09 bits per heavy atom. The highest BCUT2D eigenvalue weighted by atomic mass is 16.5. The van der Waals surface area contributed by atoms with Crippen molar-refractivity contribution in [3.63, 3.8) is 0 Å². The minimum absolute atomic E-state index is 0.277. The number of carbonyl (C=O) groups is 1. The highest BCUT2D eigenvalue weighted by molar-refractivity contribution is 6.07. The zero-order valence-corrected chi connectivity index (χ0v) is 12.8. The molecule has 0 aliphatic heterocycles. The number of hydrogen-bond acceptors (Lipinski definition) is 3. The maximum Gasteiger partial charge on any atom is 0.291 e. The van der Waals surface area contributed by atoms with E-state index in [-0.39, 0.29) is 5.91 Å². The number of fused-ring (bicyclic) bond motifs is 1. The van der Waals surface area contributed by atoms with Gasteiger partial charge in [0.25, 0.3) is 5.91 Å². The van der Waals surface area contributed by atoms with E-state index in [1.165, 1.54) is 0 Å². The van der Waals surface area contributed by atoms with Crippen molar-refractivity contribution >= 4 is 22.6 Å². The molecule has 1 heterocycles. The number of methoxy groups -OCH3 is 1. The van der Waals surface area contributed by atoms with Gasteiger partial charge in [-0.15, -0.1) is 0 Å². The van der Waals surface area contributed by atoms with Crippen molar-refractivity contribution in [3.8, 4) is 5.75 Å². The maximum absolute atomic E-state index is 12.6. The molecule has 0 unspecified atom stereocenters. The van der Waals surface area contributed by atoms with Crippen LogP contribution in [0.1, 0.15) is 21.7 Å². The molecule has 0 aliphatic carbocycles. The molecule has 1 aromatic heterocycles. The lowest BCUT2D eigenvalue weighted by Crippen LogP contribution is -2.13. The van der Waals surface area contributed by atoms with Crippen LogP contribution in [0.5, 0.6) is 5.75 Å². The molecule has 0 aliphatic rings. The molecule has 2 aromatic carbocycles. The van der Waals surface area contributed by atoms with Gasteiger partial charge in [0.1, 0.15) is 11.3 Å². The smallest absolute Gasteiger partial charge is 0.291 e. The second-order valence-electron chi connectivity index (χ2n) is 5.16. The zero-order valence-electron chi connectivity index (χ0n) is 12.8. The molecular weight excluding hydrogens is 278 g/mol. The molecule has 3 rings (SSSR count). The third-order valence-electron chi connectivity index (χ3n) is 3.74. The molecule has 0 fully saturated rings. The molecule has 112 valence electrons. The van der Waals surface area contributed by atoms with Gasteiger partial charge in [-0.25, -0.2) is 0 Å². The van der Waals surface area contributed by atoms with E-state index < -0.39 is 0 Å². The number of furan rings is 1. The first-order valence-corrected chi connectivity index (χ1v) is 7.05. The van der Waals surface area contributed by atoms with Crippen molar-refractivity contribution in [2.45, 2.75) is 13.8 Å². The standard InChI is InChI=1S/C18H17NO3/c1-11-7-6-10-15(21-3)16(11)19-18(20)17-12(2)13-8-4-5-9-14(13)22-17/h4-10H,1-3H3,(H,19,20). The zero-order chi connectivity index (χ0) is 15.7. The van der Waals surface area contributed by atoms with E-state index in [9.17, 15) is 4.79 Å². The lowest BCUT2D eigenvalue weighted by atomic mass is 10.1. The van der Waals surface area contributed by atoms with Gasteiger partial charge in [-0.3, -0.25) is 4.79 Å². The second-order valence-corrected chi connectivity index (χ2v) is 5.16. The summed E-state index contributed by atoms with van der Waals surface area (Å²) in [5, 5.41) is 3.84. The first-order valence-electron chi connectivity index (χ1n) is 7.05. The molecule has 0 spiro atoms. The molecule has 3 aromatic rings. The average Bonchev–Trinajstić information content (AvgIpc) is 2.87. The van der Waals surface area contributed by atoms with E-state index in [0.717, 1.165) is 16.5 Å². The first-order chi connectivity index (χ1) is 10.6. The Labute approximate surface area is 128 Å². The van der Waals surface area contributed by atoms with Gasteiger partial charge in [-0.05, 0) is 31.5 Å². The van der Waals surface area contributed by atoms with Crippen LogP contribution in [0.25, 0.3) is 11.0 Å². The van der Waals surface area contributed by atoms with Crippen LogP contribution in [-0.2, 0) is 0 Å².